The van der Waals surface area contributed by atoms with Crippen LogP contribution >= 0.6 is 23.4 Å². The number of hydrogen-bond acceptors (Lipinski definition) is 6. The van der Waals surface area contributed by atoms with Crippen molar-refractivity contribution in [3.63, 3.8) is 0 Å². The highest BCUT2D eigenvalue weighted by molar-refractivity contribution is 7.99. The Morgan fingerprint density at radius 1 is 1.09 bits per heavy atom. The van der Waals surface area contributed by atoms with Gasteiger partial charge in [0.2, 0.25) is 5.91 Å². The number of halogens is 1. The van der Waals surface area contributed by atoms with Gasteiger partial charge in [0.05, 0.1) is 18.9 Å². The fourth-order valence-corrected chi connectivity index (χ4v) is 3.92. The molecule has 0 saturated heterocycles. The zero-order valence-corrected chi connectivity index (χ0v) is 20.4. The molecule has 0 aliphatic carbocycles. The third-order valence-corrected chi connectivity index (χ3v) is 6.18. The summed E-state index contributed by atoms with van der Waals surface area (Å²) in [4.78, 5) is 25.1. The Morgan fingerprint density at radius 2 is 1.76 bits per heavy atom. The van der Waals surface area contributed by atoms with Crippen LogP contribution in [0.5, 0.6) is 5.75 Å². The number of aromatic nitrogens is 3. The number of carbonyl (C=O) groups excluding carboxylic acids is 2. The molecule has 0 radical (unpaired) electrons. The van der Waals surface area contributed by atoms with Gasteiger partial charge in [-0.1, -0.05) is 37.2 Å². The fourth-order valence-electron chi connectivity index (χ4n) is 3.08. The Labute approximate surface area is 202 Å². The maximum atomic E-state index is 12.7. The number of ether oxygens (including phenoxy) is 1. The van der Waals surface area contributed by atoms with Gasteiger partial charge in [0.15, 0.2) is 11.0 Å². The third kappa shape index (κ3) is 6.49. The molecule has 8 nitrogen and oxygen atoms in total. The van der Waals surface area contributed by atoms with Gasteiger partial charge in [0.25, 0.3) is 5.91 Å². The third-order valence-electron chi connectivity index (χ3n) is 4.91. The number of thioether (sulfide) groups is 1. The van der Waals surface area contributed by atoms with E-state index in [2.05, 4.69) is 20.8 Å². The van der Waals surface area contributed by atoms with E-state index in [0.29, 0.717) is 27.3 Å². The summed E-state index contributed by atoms with van der Waals surface area (Å²) < 4.78 is 6.92. The number of nitrogens with one attached hydrogen (secondary N) is 2. The fraction of sp³-hybridized carbons (Fsp3) is 0.304. The Morgan fingerprint density at radius 3 is 2.36 bits per heavy atom. The lowest BCUT2D eigenvalue weighted by atomic mass is 10.0. The van der Waals surface area contributed by atoms with Crippen LogP contribution in [-0.4, -0.2) is 39.4 Å². The van der Waals surface area contributed by atoms with Gasteiger partial charge in [-0.2, -0.15) is 0 Å². The van der Waals surface area contributed by atoms with Crippen LogP contribution in [-0.2, 0) is 11.8 Å². The van der Waals surface area contributed by atoms with E-state index in [1.165, 1.54) is 11.8 Å². The van der Waals surface area contributed by atoms with E-state index in [1.807, 2.05) is 20.9 Å². The van der Waals surface area contributed by atoms with Crippen LogP contribution in [0.1, 0.15) is 36.1 Å². The molecule has 1 atom stereocenters. The van der Waals surface area contributed by atoms with Gasteiger partial charge >= 0.3 is 0 Å². The number of anilines is 1. The molecule has 2 amide bonds. The monoisotopic (exact) mass is 487 g/mol. The Balaban J connectivity index is 1.63. The molecule has 0 bridgehead atoms. The molecule has 0 fully saturated rings. The van der Waals surface area contributed by atoms with Crippen LogP contribution in [0.3, 0.4) is 0 Å². The summed E-state index contributed by atoms with van der Waals surface area (Å²) in [6.45, 7) is 3.99. The van der Waals surface area contributed by atoms with Gasteiger partial charge in [-0.25, -0.2) is 0 Å². The standard InChI is InChI=1S/C23H26ClN5O3S/c1-14(2)20(26-22(31)15-5-7-16(24)8-6-15)21-27-28-23(29(21)3)33-13-19(30)25-17-9-11-18(32-4)12-10-17/h5-12,14,20H,13H2,1-4H3,(H,25,30)(H,26,31)/t20-/m1/s1. The minimum Gasteiger partial charge on any atom is -0.497 e. The number of rotatable bonds is 9. The molecule has 0 aliphatic heterocycles. The molecule has 3 aromatic rings. The highest BCUT2D eigenvalue weighted by Crippen LogP contribution is 2.25. The Hall–Kier alpha value is -3.04. The van der Waals surface area contributed by atoms with E-state index in [1.54, 1.807) is 60.2 Å². The lowest BCUT2D eigenvalue weighted by molar-refractivity contribution is -0.113. The number of benzene rings is 2. The van der Waals surface area contributed by atoms with Crippen molar-refractivity contribution in [3.8, 4) is 5.75 Å². The molecule has 0 aliphatic rings. The maximum Gasteiger partial charge on any atom is 0.251 e. The average Bonchev–Trinajstić information content (AvgIpc) is 3.16. The highest BCUT2D eigenvalue weighted by Gasteiger charge is 2.25. The van der Waals surface area contributed by atoms with E-state index in [4.69, 9.17) is 16.3 Å². The summed E-state index contributed by atoms with van der Waals surface area (Å²) >= 11 is 7.19. The van der Waals surface area contributed by atoms with Gasteiger partial charge in [0, 0.05) is 23.3 Å². The van der Waals surface area contributed by atoms with Gasteiger partial charge in [-0.3, -0.25) is 9.59 Å². The van der Waals surface area contributed by atoms with Gasteiger partial charge in [-0.05, 0) is 54.4 Å². The predicted molar refractivity (Wildman–Crippen MR) is 130 cm³/mol. The molecule has 3 rings (SSSR count). The minimum atomic E-state index is -0.354. The smallest absolute Gasteiger partial charge is 0.251 e. The summed E-state index contributed by atoms with van der Waals surface area (Å²) in [5.74, 6) is 1.19. The average molecular weight is 488 g/mol. The van der Waals surface area contributed by atoms with Crippen molar-refractivity contribution < 1.29 is 14.3 Å². The first-order chi connectivity index (χ1) is 15.8. The molecule has 1 aromatic heterocycles. The van der Waals surface area contributed by atoms with Crippen molar-refractivity contribution in [2.45, 2.75) is 25.0 Å². The first-order valence-corrected chi connectivity index (χ1v) is 11.7. The molecule has 174 valence electrons. The van der Waals surface area contributed by atoms with Crippen LogP contribution < -0.4 is 15.4 Å². The Kier molecular flexibility index (Phi) is 8.35. The van der Waals surface area contributed by atoms with Gasteiger partial charge in [0.1, 0.15) is 5.75 Å². The lowest BCUT2D eigenvalue weighted by Crippen LogP contribution is -2.33. The minimum absolute atomic E-state index is 0.0698. The Bertz CT molecular complexity index is 1100. The molecule has 1 heterocycles. The first kappa shape index (κ1) is 24.6. The van der Waals surface area contributed by atoms with E-state index in [9.17, 15) is 9.59 Å². The number of amides is 2. The van der Waals surface area contributed by atoms with Crippen molar-refractivity contribution in [1.82, 2.24) is 20.1 Å². The normalized spacial score (nSPS) is 11.8. The second-order valence-electron chi connectivity index (χ2n) is 7.67. The van der Waals surface area contributed by atoms with E-state index in [-0.39, 0.29) is 29.5 Å². The van der Waals surface area contributed by atoms with Crippen molar-refractivity contribution in [3.05, 3.63) is 64.9 Å². The van der Waals surface area contributed by atoms with Crippen LogP contribution in [0, 0.1) is 5.92 Å². The van der Waals surface area contributed by atoms with E-state index >= 15 is 0 Å². The number of hydrogen-bond donors (Lipinski definition) is 2. The van der Waals surface area contributed by atoms with Crippen LogP contribution in [0.25, 0.3) is 0 Å². The second-order valence-corrected chi connectivity index (χ2v) is 9.05. The lowest BCUT2D eigenvalue weighted by Gasteiger charge is -2.21. The summed E-state index contributed by atoms with van der Waals surface area (Å²) in [7, 11) is 3.41. The zero-order valence-electron chi connectivity index (χ0n) is 18.8. The topological polar surface area (TPSA) is 98.1 Å². The van der Waals surface area contributed by atoms with E-state index in [0.717, 1.165) is 5.75 Å². The van der Waals surface area contributed by atoms with Gasteiger partial charge in [-0.15, -0.1) is 10.2 Å². The summed E-state index contributed by atoms with van der Waals surface area (Å²) in [6, 6.07) is 13.5. The highest BCUT2D eigenvalue weighted by atomic mass is 35.5. The SMILES string of the molecule is COc1ccc(NC(=O)CSc2nnc([C@H](NC(=O)c3ccc(Cl)cc3)C(C)C)n2C)cc1. The van der Waals surface area contributed by atoms with Crippen molar-refractivity contribution >= 4 is 40.9 Å². The molecule has 0 saturated carbocycles. The summed E-state index contributed by atoms with van der Waals surface area (Å²) in [5, 5.41) is 15.5. The van der Waals surface area contributed by atoms with Crippen molar-refractivity contribution in [2.24, 2.45) is 13.0 Å². The second kappa shape index (κ2) is 11.2. The molecule has 10 heteroatoms. The van der Waals surface area contributed by atoms with Crippen LogP contribution in [0.2, 0.25) is 5.02 Å². The van der Waals surface area contributed by atoms with Crippen LogP contribution in [0.4, 0.5) is 5.69 Å². The maximum absolute atomic E-state index is 12.7. The largest absolute Gasteiger partial charge is 0.497 e. The molecule has 2 aromatic carbocycles. The predicted octanol–water partition coefficient (Wildman–Crippen LogP) is 4.34. The molecule has 0 spiro atoms. The number of carbonyl (C=O) groups is 2. The quantitative estimate of drug-likeness (QED) is 0.436. The number of nitrogens with zero attached hydrogens (tertiary/aromatic N) is 3. The van der Waals surface area contributed by atoms with Crippen molar-refractivity contribution in [2.75, 3.05) is 18.2 Å². The van der Waals surface area contributed by atoms with Gasteiger partial charge < -0.3 is 19.9 Å². The van der Waals surface area contributed by atoms with Crippen LogP contribution in [0.15, 0.2) is 53.7 Å². The number of methoxy groups -OCH3 is 1. The molecule has 2 N–H and O–H groups in total. The summed E-state index contributed by atoms with van der Waals surface area (Å²) in [6.07, 6.45) is 0. The first-order valence-electron chi connectivity index (χ1n) is 10.3. The zero-order chi connectivity index (χ0) is 24.0. The molecule has 33 heavy (non-hydrogen) atoms. The van der Waals surface area contributed by atoms with Crippen molar-refractivity contribution in [1.29, 1.82) is 0 Å². The summed E-state index contributed by atoms with van der Waals surface area (Å²) in [5.41, 5.74) is 1.20. The molecular formula is C23H26ClN5O3S. The molecular weight excluding hydrogens is 462 g/mol. The van der Waals surface area contributed by atoms with E-state index < -0.39 is 0 Å². The molecule has 0 unspecified atom stereocenters.